The molecule has 2 atom stereocenters. The molecule has 0 spiro atoms. The maximum atomic E-state index is 12.5. The van der Waals surface area contributed by atoms with Crippen LogP contribution in [0.25, 0.3) is 0 Å². The molecule has 0 aliphatic rings. The molecule has 0 radical (unpaired) electrons. The molecular formula is C68H125NO5. The number of carbonyl (C=O) groups is 2. The van der Waals surface area contributed by atoms with E-state index in [2.05, 4.69) is 67.8 Å². The number of amides is 1. The van der Waals surface area contributed by atoms with Gasteiger partial charge >= 0.3 is 5.97 Å². The summed E-state index contributed by atoms with van der Waals surface area (Å²) in [5, 5.41) is 23.1. The van der Waals surface area contributed by atoms with Gasteiger partial charge in [0.25, 0.3) is 0 Å². The van der Waals surface area contributed by atoms with Gasteiger partial charge in [-0.15, -0.1) is 0 Å². The molecule has 0 heterocycles. The molecule has 6 heteroatoms. The van der Waals surface area contributed by atoms with Crippen molar-refractivity contribution >= 4 is 11.9 Å². The van der Waals surface area contributed by atoms with Crippen molar-refractivity contribution in [2.75, 3.05) is 13.2 Å². The lowest BCUT2D eigenvalue weighted by molar-refractivity contribution is -0.143. The van der Waals surface area contributed by atoms with Crippen molar-refractivity contribution in [3.63, 3.8) is 0 Å². The van der Waals surface area contributed by atoms with E-state index in [1.54, 1.807) is 6.08 Å². The molecule has 74 heavy (non-hydrogen) atoms. The highest BCUT2D eigenvalue weighted by Crippen LogP contribution is 2.16. The molecule has 0 aromatic rings. The number of esters is 1. The Balaban J connectivity index is 3.46. The Labute approximate surface area is 460 Å². The molecule has 0 fully saturated rings. The van der Waals surface area contributed by atoms with Crippen LogP contribution in [0.1, 0.15) is 335 Å². The zero-order valence-corrected chi connectivity index (χ0v) is 49.3. The molecule has 0 aliphatic carbocycles. The molecule has 6 nitrogen and oxygen atoms in total. The largest absolute Gasteiger partial charge is 0.466 e. The highest BCUT2D eigenvalue weighted by molar-refractivity contribution is 5.76. The van der Waals surface area contributed by atoms with Gasteiger partial charge in [0.1, 0.15) is 0 Å². The van der Waals surface area contributed by atoms with E-state index in [4.69, 9.17) is 4.74 Å². The first-order valence-corrected chi connectivity index (χ1v) is 32.6. The molecule has 0 saturated heterocycles. The lowest BCUT2D eigenvalue weighted by atomic mass is 10.0. The van der Waals surface area contributed by atoms with E-state index in [0.717, 1.165) is 70.6 Å². The van der Waals surface area contributed by atoms with Crippen LogP contribution < -0.4 is 5.32 Å². The first-order chi connectivity index (χ1) is 36.5. The van der Waals surface area contributed by atoms with Crippen LogP contribution >= 0.6 is 0 Å². The molecule has 1 amide bonds. The van der Waals surface area contributed by atoms with E-state index in [-0.39, 0.29) is 18.5 Å². The Kier molecular flexibility index (Phi) is 61.0. The number of nitrogens with one attached hydrogen (secondary N) is 1. The third-order valence-electron chi connectivity index (χ3n) is 14.8. The second-order valence-electron chi connectivity index (χ2n) is 22.1. The standard InChI is InChI=1S/C68H125NO5/c1-3-5-7-9-11-13-15-17-19-20-26-30-34-38-42-46-50-54-58-62-68(73)74-63-59-55-51-47-43-39-35-31-28-25-23-21-22-24-27-29-33-37-41-45-49-53-57-61-67(72)69-65(64-70)66(71)60-56-52-48-44-40-36-32-18-16-14-12-10-8-6-4-2/h11,13,17,19,21,23-24,27,56,60,65-66,70-71H,3-10,12,14-16,18,20,22,25-26,28-55,57-59,61-64H2,1-2H3,(H,69,72)/b13-11-,19-17-,23-21-,27-24-,60-56+. The number of ether oxygens (including phenoxy) is 1. The van der Waals surface area contributed by atoms with Crippen molar-refractivity contribution in [1.29, 1.82) is 0 Å². The van der Waals surface area contributed by atoms with Crippen LogP contribution in [0.5, 0.6) is 0 Å². The van der Waals surface area contributed by atoms with Crippen molar-refractivity contribution in [2.24, 2.45) is 0 Å². The van der Waals surface area contributed by atoms with Gasteiger partial charge in [0.2, 0.25) is 5.91 Å². The fourth-order valence-electron chi connectivity index (χ4n) is 9.75. The first kappa shape index (κ1) is 71.6. The summed E-state index contributed by atoms with van der Waals surface area (Å²) in [5.41, 5.74) is 0. The maximum Gasteiger partial charge on any atom is 0.305 e. The predicted molar refractivity (Wildman–Crippen MR) is 324 cm³/mol. The third kappa shape index (κ3) is 58.8. The minimum atomic E-state index is -0.852. The lowest BCUT2D eigenvalue weighted by Crippen LogP contribution is -2.45. The van der Waals surface area contributed by atoms with Crippen LogP contribution in [0.3, 0.4) is 0 Å². The molecular weight excluding hydrogens is 911 g/mol. The van der Waals surface area contributed by atoms with Gasteiger partial charge in [-0.1, -0.05) is 286 Å². The Morgan fingerprint density at radius 2 is 0.676 bits per heavy atom. The average Bonchev–Trinajstić information content (AvgIpc) is 3.40. The summed E-state index contributed by atoms with van der Waals surface area (Å²) < 4.78 is 5.49. The molecule has 2 unspecified atom stereocenters. The zero-order valence-electron chi connectivity index (χ0n) is 49.3. The fourth-order valence-corrected chi connectivity index (χ4v) is 9.75. The highest BCUT2D eigenvalue weighted by Gasteiger charge is 2.18. The van der Waals surface area contributed by atoms with Crippen LogP contribution in [-0.4, -0.2) is 47.4 Å². The maximum absolute atomic E-state index is 12.5. The summed E-state index contributed by atoms with van der Waals surface area (Å²) in [6, 6.07) is -0.637. The summed E-state index contributed by atoms with van der Waals surface area (Å²) in [6.45, 7) is 4.88. The van der Waals surface area contributed by atoms with Crippen molar-refractivity contribution in [3.05, 3.63) is 60.8 Å². The van der Waals surface area contributed by atoms with Crippen LogP contribution in [-0.2, 0) is 14.3 Å². The van der Waals surface area contributed by atoms with Gasteiger partial charge in [-0.25, -0.2) is 0 Å². The highest BCUT2D eigenvalue weighted by atomic mass is 16.5. The van der Waals surface area contributed by atoms with Gasteiger partial charge in [-0.3, -0.25) is 9.59 Å². The predicted octanol–water partition coefficient (Wildman–Crippen LogP) is 20.7. The fraction of sp³-hybridized carbons (Fsp3) is 0.824. The lowest BCUT2D eigenvalue weighted by Gasteiger charge is -2.20. The molecule has 0 aromatic carbocycles. The molecule has 432 valence electrons. The molecule has 0 bridgehead atoms. The van der Waals surface area contributed by atoms with E-state index >= 15 is 0 Å². The number of allylic oxidation sites excluding steroid dienone is 9. The van der Waals surface area contributed by atoms with Crippen LogP contribution in [0.2, 0.25) is 0 Å². The second kappa shape index (κ2) is 63.1. The first-order valence-electron chi connectivity index (χ1n) is 32.6. The van der Waals surface area contributed by atoms with Crippen molar-refractivity contribution in [2.45, 2.75) is 347 Å². The Hall–Kier alpha value is -2.44. The van der Waals surface area contributed by atoms with Gasteiger partial charge in [0, 0.05) is 12.8 Å². The summed E-state index contributed by atoms with van der Waals surface area (Å²) in [7, 11) is 0. The average molecular weight is 1040 g/mol. The zero-order chi connectivity index (χ0) is 53.6. The van der Waals surface area contributed by atoms with Gasteiger partial charge in [0.05, 0.1) is 25.4 Å². The SMILES string of the molecule is CCCCC/C=C\C/C=C\CCCCCCCCCCCC(=O)OCCCCCCCCCCC/C=C\C/C=C\CCCCCCCCCC(=O)NC(CO)C(O)/C=C/CCCCCCCCCCCCCCC. The van der Waals surface area contributed by atoms with Crippen LogP contribution in [0.4, 0.5) is 0 Å². The van der Waals surface area contributed by atoms with Gasteiger partial charge in [0.15, 0.2) is 0 Å². The molecule has 0 saturated carbocycles. The quantitative estimate of drug-likeness (QED) is 0.0320. The van der Waals surface area contributed by atoms with E-state index in [9.17, 15) is 19.8 Å². The number of aliphatic hydroxyl groups excluding tert-OH is 2. The molecule has 0 aromatic heterocycles. The molecule has 3 N–H and O–H groups in total. The third-order valence-corrected chi connectivity index (χ3v) is 14.8. The van der Waals surface area contributed by atoms with E-state index < -0.39 is 12.1 Å². The Morgan fingerprint density at radius 1 is 0.378 bits per heavy atom. The minimum absolute atomic E-state index is 0.00236. The Morgan fingerprint density at radius 3 is 1.05 bits per heavy atom. The number of hydrogen-bond acceptors (Lipinski definition) is 5. The normalized spacial score (nSPS) is 13.0. The number of hydrogen-bond donors (Lipinski definition) is 3. The summed E-state index contributed by atoms with van der Waals surface area (Å²) in [5.74, 6) is -0.0758. The van der Waals surface area contributed by atoms with E-state index in [1.165, 1.54) is 238 Å². The number of unbranched alkanes of at least 4 members (excludes halogenated alkanes) is 41. The van der Waals surface area contributed by atoms with Gasteiger partial charge in [-0.2, -0.15) is 0 Å². The van der Waals surface area contributed by atoms with E-state index in [1.807, 2.05) is 6.08 Å². The Bertz CT molecular complexity index is 1290. The minimum Gasteiger partial charge on any atom is -0.466 e. The topological polar surface area (TPSA) is 95.9 Å². The van der Waals surface area contributed by atoms with E-state index in [0.29, 0.717) is 19.4 Å². The number of rotatable bonds is 60. The summed E-state index contributed by atoms with van der Waals surface area (Å²) >= 11 is 0. The molecule has 0 aliphatic heterocycles. The molecule has 0 rings (SSSR count). The summed E-state index contributed by atoms with van der Waals surface area (Å²) in [4.78, 5) is 24.6. The van der Waals surface area contributed by atoms with Gasteiger partial charge < -0.3 is 20.3 Å². The summed E-state index contributed by atoms with van der Waals surface area (Å²) in [6.07, 6.45) is 82.7. The monoisotopic (exact) mass is 1040 g/mol. The van der Waals surface area contributed by atoms with Crippen LogP contribution in [0, 0.1) is 0 Å². The number of carbonyl (C=O) groups excluding carboxylic acids is 2. The van der Waals surface area contributed by atoms with Crippen molar-refractivity contribution in [3.8, 4) is 0 Å². The van der Waals surface area contributed by atoms with Crippen molar-refractivity contribution in [1.82, 2.24) is 5.32 Å². The van der Waals surface area contributed by atoms with Crippen LogP contribution in [0.15, 0.2) is 60.8 Å². The number of aliphatic hydroxyl groups is 2. The second-order valence-corrected chi connectivity index (χ2v) is 22.1. The smallest absolute Gasteiger partial charge is 0.305 e. The van der Waals surface area contributed by atoms with Gasteiger partial charge in [-0.05, 0) is 96.3 Å². The van der Waals surface area contributed by atoms with Crippen molar-refractivity contribution < 1.29 is 24.5 Å².